The molecule has 1 unspecified atom stereocenters. The number of amides is 1. The second-order valence-electron chi connectivity index (χ2n) is 7.27. The molecule has 1 aromatic carbocycles. The Morgan fingerprint density at radius 1 is 1.15 bits per heavy atom. The number of alkyl halides is 3. The third kappa shape index (κ3) is 4.81. The number of nitrogens with zero attached hydrogens (tertiary/aromatic N) is 2. The van der Waals surface area contributed by atoms with Gasteiger partial charge in [0.25, 0.3) is 5.91 Å². The molecular formula is C19H25F3N4O. The minimum Gasteiger partial charge on any atom is -0.402 e. The third-order valence-electron chi connectivity index (χ3n) is 5.37. The van der Waals surface area contributed by atoms with Gasteiger partial charge in [0.1, 0.15) is 0 Å². The van der Waals surface area contributed by atoms with E-state index in [0.717, 1.165) is 44.7 Å². The maximum atomic E-state index is 12.6. The van der Waals surface area contributed by atoms with Gasteiger partial charge in [-0.3, -0.25) is 9.69 Å². The van der Waals surface area contributed by atoms with E-state index in [1.165, 1.54) is 12.1 Å². The minimum atomic E-state index is -4.39. The van der Waals surface area contributed by atoms with Crippen LogP contribution >= 0.6 is 0 Å². The summed E-state index contributed by atoms with van der Waals surface area (Å²) in [5.74, 6) is -0.328. The average molecular weight is 382 g/mol. The largest absolute Gasteiger partial charge is 0.416 e. The topological polar surface area (TPSA) is 61.6 Å². The van der Waals surface area contributed by atoms with Gasteiger partial charge in [-0.15, -0.1) is 0 Å². The Balaban J connectivity index is 1.64. The summed E-state index contributed by atoms with van der Waals surface area (Å²) in [6, 6.07) is 4.72. The minimum absolute atomic E-state index is 0.277. The Morgan fingerprint density at radius 3 is 2.37 bits per heavy atom. The first-order valence-corrected chi connectivity index (χ1v) is 9.13. The highest BCUT2D eigenvalue weighted by Crippen LogP contribution is 2.31. The van der Waals surface area contributed by atoms with Gasteiger partial charge < -0.3 is 16.0 Å². The Bertz CT molecular complexity index is 707. The summed E-state index contributed by atoms with van der Waals surface area (Å²) in [5, 5.41) is 2.68. The molecule has 1 heterocycles. The number of allylic oxidation sites excluding steroid dienone is 1. The monoisotopic (exact) mass is 382 g/mol. The van der Waals surface area contributed by atoms with Crippen molar-refractivity contribution in [3.63, 3.8) is 0 Å². The fourth-order valence-electron chi connectivity index (χ4n) is 3.63. The fraction of sp³-hybridized carbons (Fsp3) is 0.526. The number of hydrogen-bond acceptors (Lipinski definition) is 4. The van der Waals surface area contributed by atoms with Crippen LogP contribution in [0.15, 0.2) is 35.5 Å². The number of nitrogens with two attached hydrogens (primary N) is 1. The lowest BCUT2D eigenvalue weighted by atomic mass is 9.90. The SMILES string of the molecule is CN1CCN(C2CCC(N)=C(C(=O)Nc3ccc(C(F)(F)F)cc3)C2)CC1. The van der Waals surface area contributed by atoms with Crippen molar-refractivity contribution in [2.75, 3.05) is 38.5 Å². The molecule has 2 aliphatic rings. The number of anilines is 1. The van der Waals surface area contributed by atoms with Crippen LogP contribution in [0.1, 0.15) is 24.8 Å². The third-order valence-corrected chi connectivity index (χ3v) is 5.37. The maximum Gasteiger partial charge on any atom is 0.416 e. The van der Waals surface area contributed by atoms with E-state index in [4.69, 9.17) is 5.73 Å². The van der Waals surface area contributed by atoms with Crippen molar-refractivity contribution in [3.05, 3.63) is 41.1 Å². The number of carbonyl (C=O) groups excluding carboxylic acids is 1. The molecule has 1 atom stereocenters. The van der Waals surface area contributed by atoms with Crippen molar-refractivity contribution < 1.29 is 18.0 Å². The number of halogens is 3. The molecule has 1 amide bonds. The molecule has 0 spiro atoms. The Hall–Kier alpha value is -2.06. The van der Waals surface area contributed by atoms with E-state index in [1.54, 1.807) is 0 Å². The van der Waals surface area contributed by atoms with Crippen LogP contribution in [0, 0.1) is 0 Å². The zero-order chi connectivity index (χ0) is 19.6. The van der Waals surface area contributed by atoms with Crippen molar-refractivity contribution in [2.24, 2.45) is 5.73 Å². The molecule has 3 rings (SSSR count). The summed E-state index contributed by atoms with van der Waals surface area (Å²) in [4.78, 5) is 17.3. The van der Waals surface area contributed by atoms with Gasteiger partial charge in [-0.2, -0.15) is 13.2 Å². The predicted octanol–water partition coefficient (Wildman–Crippen LogP) is 2.66. The number of benzene rings is 1. The van der Waals surface area contributed by atoms with Crippen LogP contribution in [0.3, 0.4) is 0 Å². The van der Waals surface area contributed by atoms with Crippen LogP contribution in [0.25, 0.3) is 0 Å². The molecule has 0 aromatic heterocycles. The molecule has 5 nitrogen and oxygen atoms in total. The van der Waals surface area contributed by atoms with Crippen LogP contribution in [0.5, 0.6) is 0 Å². The van der Waals surface area contributed by atoms with Gasteiger partial charge >= 0.3 is 6.18 Å². The summed E-state index contributed by atoms with van der Waals surface area (Å²) < 4.78 is 37.9. The smallest absolute Gasteiger partial charge is 0.402 e. The van der Waals surface area contributed by atoms with Crippen molar-refractivity contribution in [3.8, 4) is 0 Å². The molecule has 0 saturated carbocycles. The molecule has 3 N–H and O–H groups in total. The standard InChI is InChI=1S/C19H25F3N4O/c1-25-8-10-26(11-9-25)15-6-7-17(23)16(12-15)18(27)24-14-4-2-13(3-5-14)19(20,21)22/h2-5,15H,6-12,23H2,1H3,(H,24,27). The molecule has 1 saturated heterocycles. The summed E-state index contributed by atoms with van der Waals surface area (Å²) in [6.45, 7) is 3.94. The second kappa shape index (κ2) is 7.90. The molecule has 1 aliphatic carbocycles. The zero-order valence-corrected chi connectivity index (χ0v) is 15.4. The molecule has 1 fully saturated rings. The van der Waals surface area contributed by atoms with E-state index in [0.29, 0.717) is 29.8 Å². The lowest BCUT2D eigenvalue weighted by Gasteiger charge is -2.40. The zero-order valence-electron chi connectivity index (χ0n) is 15.4. The van der Waals surface area contributed by atoms with Crippen LogP contribution in [0.4, 0.5) is 18.9 Å². The first-order chi connectivity index (χ1) is 12.7. The van der Waals surface area contributed by atoms with Gasteiger partial charge in [0.15, 0.2) is 0 Å². The van der Waals surface area contributed by atoms with Gasteiger partial charge in [-0.05, 0) is 50.6 Å². The van der Waals surface area contributed by atoms with Gasteiger partial charge in [0, 0.05) is 49.2 Å². The Morgan fingerprint density at radius 2 is 1.78 bits per heavy atom. The number of rotatable bonds is 3. The van der Waals surface area contributed by atoms with Crippen LogP contribution in [-0.2, 0) is 11.0 Å². The highest BCUT2D eigenvalue weighted by atomic mass is 19.4. The lowest BCUT2D eigenvalue weighted by molar-refractivity contribution is -0.137. The van der Waals surface area contributed by atoms with E-state index in [-0.39, 0.29) is 11.9 Å². The first-order valence-electron chi connectivity index (χ1n) is 9.13. The molecule has 0 bridgehead atoms. The normalized spacial score (nSPS) is 22.7. The van der Waals surface area contributed by atoms with E-state index in [9.17, 15) is 18.0 Å². The van der Waals surface area contributed by atoms with Gasteiger partial charge in [-0.25, -0.2) is 0 Å². The van der Waals surface area contributed by atoms with Crippen molar-refractivity contribution in [1.82, 2.24) is 9.80 Å². The van der Waals surface area contributed by atoms with E-state index in [2.05, 4.69) is 22.2 Å². The summed E-state index contributed by atoms with van der Waals surface area (Å²) in [5.41, 5.74) is 6.78. The van der Waals surface area contributed by atoms with E-state index in [1.807, 2.05) is 0 Å². The van der Waals surface area contributed by atoms with Crippen LogP contribution < -0.4 is 11.1 Å². The van der Waals surface area contributed by atoms with Gasteiger partial charge in [0.2, 0.25) is 0 Å². The second-order valence-corrected chi connectivity index (χ2v) is 7.27. The number of piperazine rings is 1. The molecule has 148 valence electrons. The average Bonchev–Trinajstić information content (AvgIpc) is 2.62. The summed E-state index contributed by atoms with van der Waals surface area (Å²) >= 11 is 0. The molecular weight excluding hydrogens is 357 g/mol. The van der Waals surface area contributed by atoms with Crippen molar-refractivity contribution in [1.29, 1.82) is 0 Å². The lowest BCUT2D eigenvalue weighted by Crippen LogP contribution is -2.50. The maximum absolute atomic E-state index is 12.6. The molecule has 1 aliphatic heterocycles. The first kappa shape index (κ1) is 19.7. The highest BCUT2D eigenvalue weighted by Gasteiger charge is 2.31. The summed E-state index contributed by atoms with van der Waals surface area (Å²) in [6.07, 6.45) is -2.24. The number of likely N-dealkylation sites (N-methyl/N-ethyl adjacent to an activating group) is 1. The molecule has 1 aromatic rings. The Labute approximate surface area is 157 Å². The number of hydrogen-bond donors (Lipinski definition) is 2. The van der Waals surface area contributed by atoms with E-state index >= 15 is 0 Å². The van der Waals surface area contributed by atoms with Crippen molar-refractivity contribution in [2.45, 2.75) is 31.5 Å². The highest BCUT2D eigenvalue weighted by molar-refractivity contribution is 6.04. The van der Waals surface area contributed by atoms with Gasteiger partial charge in [0.05, 0.1) is 5.56 Å². The summed E-state index contributed by atoms with van der Waals surface area (Å²) in [7, 11) is 2.10. The Kier molecular flexibility index (Phi) is 5.76. The number of carbonyl (C=O) groups is 1. The molecule has 0 radical (unpaired) electrons. The number of nitrogens with one attached hydrogen (secondary N) is 1. The van der Waals surface area contributed by atoms with Crippen LogP contribution in [0.2, 0.25) is 0 Å². The molecule has 8 heteroatoms. The van der Waals surface area contributed by atoms with E-state index < -0.39 is 11.7 Å². The van der Waals surface area contributed by atoms with Crippen LogP contribution in [-0.4, -0.2) is 55.0 Å². The quantitative estimate of drug-likeness (QED) is 0.844. The fourth-order valence-corrected chi connectivity index (χ4v) is 3.63. The predicted molar refractivity (Wildman–Crippen MR) is 98.0 cm³/mol. The van der Waals surface area contributed by atoms with Gasteiger partial charge in [-0.1, -0.05) is 0 Å². The van der Waals surface area contributed by atoms with Crippen molar-refractivity contribution >= 4 is 11.6 Å². The molecule has 27 heavy (non-hydrogen) atoms.